The molecular formula is C32H40F3N3O5. The summed E-state index contributed by atoms with van der Waals surface area (Å²) in [5.74, 6) is -5.43. The lowest BCUT2D eigenvalue weighted by molar-refractivity contribution is -0.141. The van der Waals surface area contributed by atoms with E-state index in [9.17, 15) is 18.8 Å². The van der Waals surface area contributed by atoms with Gasteiger partial charge >= 0.3 is 6.09 Å². The van der Waals surface area contributed by atoms with Gasteiger partial charge in [0.1, 0.15) is 24.1 Å². The molecular weight excluding hydrogens is 563 g/mol. The maximum atomic E-state index is 15.9. The van der Waals surface area contributed by atoms with Crippen molar-refractivity contribution in [2.75, 3.05) is 6.54 Å². The van der Waals surface area contributed by atoms with E-state index in [1.165, 1.54) is 30.0 Å². The molecule has 1 aliphatic carbocycles. The van der Waals surface area contributed by atoms with E-state index in [0.29, 0.717) is 31.1 Å². The largest absolute Gasteiger partial charge is 0.472 e. The molecule has 1 saturated heterocycles. The second-order valence-corrected chi connectivity index (χ2v) is 13.3. The van der Waals surface area contributed by atoms with Crippen LogP contribution in [0.3, 0.4) is 0 Å². The molecule has 6 atom stereocenters. The Morgan fingerprint density at radius 1 is 1.14 bits per heavy atom. The number of pyridine rings is 1. The summed E-state index contributed by atoms with van der Waals surface area (Å²) in [6, 6.07) is 3.14. The van der Waals surface area contributed by atoms with Gasteiger partial charge in [0.25, 0.3) is 5.92 Å². The topological polar surface area (TPSA) is 97.8 Å². The molecule has 5 rings (SSSR count). The zero-order valence-electron chi connectivity index (χ0n) is 25.3. The van der Waals surface area contributed by atoms with Gasteiger partial charge in [-0.25, -0.2) is 22.9 Å². The highest BCUT2D eigenvalue weighted by Gasteiger charge is 2.51. The quantitative estimate of drug-likeness (QED) is 0.443. The first-order valence-corrected chi connectivity index (χ1v) is 15.1. The van der Waals surface area contributed by atoms with E-state index in [4.69, 9.17) is 9.47 Å². The SMILES string of the molecule is CC[C@@H]1[C@@H]2CN(C(=O)[C@H](C(C)(C)C)NC(=O)O[C@@H]3C[C@H]3CCCCC(F)(F)c3cc4ccc(F)cc4nc3O2)[C@@H]1C(C)=O. The molecule has 234 valence electrons. The number of Topliss-reactive ketones (excluding diaryl/α,β-unsaturated/α-hetero) is 1. The van der Waals surface area contributed by atoms with Crippen LogP contribution in [0.1, 0.15) is 78.7 Å². The minimum Gasteiger partial charge on any atom is -0.472 e. The lowest BCUT2D eigenvalue weighted by atomic mass is 9.85. The number of fused-ring (bicyclic) bond motifs is 5. The highest BCUT2D eigenvalue weighted by molar-refractivity contribution is 5.92. The first kappa shape index (κ1) is 31.1. The first-order valence-electron chi connectivity index (χ1n) is 15.1. The number of alkyl carbamates (subject to hydrolysis) is 1. The molecule has 0 radical (unpaired) electrons. The third-order valence-electron chi connectivity index (χ3n) is 8.98. The van der Waals surface area contributed by atoms with Crippen LogP contribution in [0.2, 0.25) is 0 Å². The van der Waals surface area contributed by atoms with Crippen molar-refractivity contribution in [2.45, 2.75) is 103 Å². The molecule has 0 unspecified atom stereocenters. The Bertz CT molecular complexity index is 1410. The number of amides is 2. The van der Waals surface area contributed by atoms with E-state index in [1.54, 1.807) is 20.8 Å². The monoisotopic (exact) mass is 603 g/mol. The summed E-state index contributed by atoms with van der Waals surface area (Å²) in [5.41, 5.74) is -0.977. The Hall–Kier alpha value is -3.37. The van der Waals surface area contributed by atoms with Crippen LogP contribution in [-0.2, 0) is 20.2 Å². The molecule has 1 N–H and O–H groups in total. The third-order valence-corrected chi connectivity index (χ3v) is 8.98. The Morgan fingerprint density at radius 3 is 2.56 bits per heavy atom. The maximum absolute atomic E-state index is 15.9. The van der Waals surface area contributed by atoms with Crippen molar-refractivity contribution in [3.8, 4) is 5.88 Å². The average molecular weight is 604 g/mol. The fourth-order valence-corrected chi connectivity index (χ4v) is 6.51. The van der Waals surface area contributed by atoms with Gasteiger partial charge in [-0.05, 0) is 62.1 Å². The Labute approximate surface area is 249 Å². The molecule has 3 heterocycles. The zero-order valence-corrected chi connectivity index (χ0v) is 25.3. The van der Waals surface area contributed by atoms with Crippen molar-refractivity contribution < 1.29 is 37.0 Å². The van der Waals surface area contributed by atoms with Gasteiger partial charge in [0.15, 0.2) is 5.78 Å². The molecule has 0 spiro atoms. The Kier molecular flexibility index (Phi) is 8.39. The second kappa shape index (κ2) is 11.6. The Balaban J connectivity index is 1.59. The number of carbonyl (C=O) groups excluding carboxylic acids is 3. The fourth-order valence-electron chi connectivity index (χ4n) is 6.51. The van der Waals surface area contributed by atoms with Gasteiger partial charge in [-0.2, -0.15) is 0 Å². The number of benzene rings is 1. The minimum atomic E-state index is -3.30. The van der Waals surface area contributed by atoms with Gasteiger partial charge in [0.2, 0.25) is 11.8 Å². The molecule has 3 aliphatic rings. The van der Waals surface area contributed by atoms with Crippen LogP contribution in [0.25, 0.3) is 10.9 Å². The lowest BCUT2D eigenvalue weighted by Crippen LogP contribution is -2.57. The van der Waals surface area contributed by atoms with Crippen LogP contribution in [0.4, 0.5) is 18.0 Å². The number of alkyl halides is 2. The van der Waals surface area contributed by atoms with E-state index < -0.39 is 65.2 Å². The number of nitrogens with one attached hydrogen (secondary N) is 1. The molecule has 2 amide bonds. The normalized spacial score (nSPS) is 29.8. The summed E-state index contributed by atoms with van der Waals surface area (Å²) >= 11 is 0. The number of aromatic nitrogens is 1. The van der Waals surface area contributed by atoms with Crippen molar-refractivity contribution in [3.63, 3.8) is 0 Å². The number of hydrogen-bond donors (Lipinski definition) is 1. The lowest BCUT2D eigenvalue weighted by Gasteiger charge is -2.35. The van der Waals surface area contributed by atoms with E-state index in [1.807, 2.05) is 6.92 Å². The summed E-state index contributed by atoms with van der Waals surface area (Å²) in [4.78, 5) is 45.7. The molecule has 2 fully saturated rings. The standard InChI is InChI=1S/C32H40F3N3O5/c1-6-21-25-16-38(26(21)17(2)39)29(40)27(31(3,4)5)37-30(41)43-24-14-19(24)9-7-8-12-32(34,35)22-13-18-10-11-20(33)15-23(18)36-28(22)42-25/h10-11,13,15,19,21,24-27H,6-9,12,14,16H2,1-5H3,(H,37,41)/t19-,21-,24-,25+,26-,27-/m1/s1. The minimum absolute atomic E-state index is 0.0740. The Morgan fingerprint density at radius 2 is 1.88 bits per heavy atom. The highest BCUT2D eigenvalue weighted by Crippen LogP contribution is 2.44. The number of nitrogens with zero attached hydrogens (tertiary/aromatic N) is 2. The summed E-state index contributed by atoms with van der Waals surface area (Å²) in [5, 5.41) is 3.09. The molecule has 2 aliphatic heterocycles. The van der Waals surface area contributed by atoms with Gasteiger partial charge in [0.05, 0.1) is 23.7 Å². The van der Waals surface area contributed by atoms with Crippen molar-refractivity contribution in [1.82, 2.24) is 15.2 Å². The highest BCUT2D eigenvalue weighted by atomic mass is 19.3. The fraction of sp³-hybridized carbons (Fsp3) is 0.625. The van der Waals surface area contributed by atoms with Gasteiger partial charge in [-0.15, -0.1) is 0 Å². The van der Waals surface area contributed by atoms with E-state index in [2.05, 4.69) is 10.3 Å². The smallest absolute Gasteiger partial charge is 0.408 e. The molecule has 8 nitrogen and oxygen atoms in total. The van der Waals surface area contributed by atoms with Crippen molar-refractivity contribution in [3.05, 3.63) is 35.6 Å². The molecule has 1 aromatic heterocycles. The number of halogens is 3. The van der Waals surface area contributed by atoms with Gasteiger partial charge < -0.3 is 19.7 Å². The second-order valence-electron chi connectivity index (χ2n) is 13.3. The molecule has 11 heteroatoms. The van der Waals surface area contributed by atoms with Crippen molar-refractivity contribution >= 4 is 28.7 Å². The van der Waals surface area contributed by atoms with Crippen LogP contribution in [-0.4, -0.2) is 58.5 Å². The van der Waals surface area contributed by atoms with Gasteiger partial charge in [-0.3, -0.25) is 9.59 Å². The zero-order chi connectivity index (χ0) is 31.3. The number of ether oxygens (including phenoxy) is 2. The predicted molar refractivity (Wildman–Crippen MR) is 153 cm³/mol. The van der Waals surface area contributed by atoms with Gasteiger partial charge in [0, 0.05) is 23.8 Å². The molecule has 43 heavy (non-hydrogen) atoms. The maximum Gasteiger partial charge on any atom is 0.408 e. The summed E-state index contributed by atoms with van der Waals surface area (Å²) in [6.45, 7) is 8.55. The third kappa shape index (κ3) is 6.45. The number of hydrogen-bond acceptors (Lipinski definition) is 6. The van der Waals surface area contributed by atoms with Crippen molar-refractivity contribution in [1.29, 1.82) is 0 Å². The average Bonchev–Trinajstić information content (AvgIpc) is 3.54. The summed E-state index contributed by atoms with van der Waals surface area (Å²) < 4.78 is 57.7. The first-order chi connectivity index (χ1) is 20.2. The molecule has 1 saturated carbocycles. The van der Waals surface area contributed by atoms with E-state index in [-0.39, 0.29) is 42.2 Å². The van der Waals surface area contributed by atoms with Crippen LogP contribution in [0.15, 0.2) is 24.3 Å². The molecule has 1 aromatic carbocycles. The van der Waals surface area contributed by atoms with Crippen molar-refractivity contribution in [2.24, 2.45) is 17.3 Å². The van der Waals surface area contributed by atoms with Gasteiger partial charge in [-0.1, -0.05) is 34.1 Å². The number of carbonyl (C=O) groups is 3. The predicted octanol–water partition coefficient (Wildman–Crippen LogP) is 6.14. The van der Waals surface area contributed by atoms with E-state index in [0.717, 1.165) is 6.07 Å². The molecule has 2 aromatic rings. The van der Waals surface area contributed by atoms with Crippen LogP contribution in [0.5, 0.6) is 5.88 Å². The number of ketones is 1. The van der Waals surface area contributed by atoms with Crippen LogP contribution >= 0.6 is 0 Å². The van der Waals surface area contributed by atoms with E-state index >= 15 is 8.78 Å². The number of rotatable bonds is 2. The molecule has 2 bridgehead atoms. The van der Waals surface area contributed by atoms with Crippen LogP contribution < -0.4 is 10.1 Å². The summed E-state index contributed by atoms with van der Waals surface area (Å²) in [7, 11) is 0. The van der Waals surface area contributed by atoms with Crippen LogP contribution in [0, 0.1) is 23.1 Å². The summed E-state index contributed by atoms with van der Waals surface area (Å²) in [6.07, 6.45) is 0.0675.